The standard InChI is InChI=1S/C21H31F3N4O/c1-2-25-20(26-12-7-6-11-21(22,23)24)27-15-18-14-19(29)28(16-18)13-10-17-8-4-3-5-9-17/h3-5,8-9,18H,2,6-7,10-16H2,1H3,(H2,25,26,27). The van der Waals surface area contributed by atoms with Gasteiger partial charge < -0.3 is 15.5 Å². The molecular formula is C21H31F3N4O. The number of guanidine groups is 1. The van der Waals surface area contributed by atoms with E-state index in [-0.39, 0.29) is 18.2 Å². The van der Waals surface area contributed by atoms with Crippen LogP contribution in [0.4, 0.5) is 13.2 Å². The lowest BCUT2D eigenvalue weighted by atomic mass is 10.1. The molecular weight excluding hydrogens is 381 g/mol. The van der Waals surface area contributed by atoms with Gasteiger partial charge in [0.2, 0.25) is 5.91 Å². The summed E-state index contributed by atoms with van der Waals surface area (Å²) in [7, 11) is 0. The number of hydrogen-bond acceptors (Lipinski definition) is 2. The van der Waals surface area contributed by atoms with Gasteiger partial charge in [-0.15, -0.1) is 0 Å². The molecule has 1 saturated heterocycles. The third-order valence-electron chi connectivity index (χ3n) is 4.84. The maximum Gasteiger partial charge on any atom is 0.389 e. The van der Waals surface area contributed by atoms with E-state index in [9.17, 15) is 18.0 Å². The lowest BCUT2D eigenvalue weighted by Crippen LogP contribution is -2.38. The van der Waals surface area contributed by atoms with Gasteiger partial charge >= 0.3 is 6.18 Å². The van der Waals surface area contributed by atoms with Crippen molar-refractivity contribution in [2.24, 2.45) is 10.9 Å². The molecule has 5 nitrogen and oxygen atoms in total. The predicted octanol–water partition coefficient (Wildman–Crippen LogP) is 3.37. The van der Waals surface area contributed by atoms with Gasteiger partial charge in [0, 0.05) is 51.5 Å². The van der Waals surface area contributed by atoms with Gasteiger partial charge in [-0.25, -0.2) is 0 Å². The zero-order valence-electron chi connectivity index (χ0n) is 17.0. The number of carbonyl (C=O) groups is 1. The smallest absolute Gasteiger partial charge is 0.357 e. The molecule has 1 unspecified atom stereocenters. The Kier molecular flexibility index (Phi) is 9.28. The van der Waals surface area contributed by atoms with E-state index >= 15 is 0 Å². The lowest BCUT2D eigenvalue weighted by molar-refractivity contribution is -0.135. The number of rotatable bonds is 10. The number of nitrogens with zero attached hydrogens (tertiary/aromatic N) is 2. The SMILES string of the molecule is CCNC(=NCC1CC(=O)N(CCc2ccccc2)C1)NCCCCC(F)(F)F. The van der Waals surface area contributed by atoms with E-state index in [1.165, 1.54) is 5.56 Å². The number of aliphatic imine (C=N–C) groups is 1. The second-order valence-electron chi connectivity index (χ2n) is 7.36. The van der Waals surface area contributed by atoms with Gasteiger partial charge in [-0.3, -0.25) is 9.79 Å². The van der Waals surface area contributed by atoms with Crippen molar-refractivity contribution in [3.8, 4) is 0 Å². The third-order valence-corrected chi connectivity index (χ3v) is 4.84. The molecule has 1 heterocycles. The Balaban J connectivity index is 1.73. The minimum absolute atomic E-state index is 0.101. The zero-order valence-corrected chi connectivity index (χ0v) is 17.0. The minimum atomic E-state index is -4.10. The first kappa shape index (κ1) is 23.0. The van der Waals surface area contributed by atoms with Gasteiger partial charge in [0.05, 0.1) is 0 Å². The van der Waals surface area contributed by atoms with Crippen LogP contribution < -0.4 is 10.6 Å². The average Bonchev–Trinajstić information content (AvgIpc) is 3.03. The van der Waals surface area contributed by atoms with E-state index in [1.807, 2.05) is 30.0 Å². The molecule has 0 bridgehead atoms. The highest BCUT2D eigenvalue weighted by molar-refractivity contribution is 5.80. The number of benzene rings is 1. The van der Waals surface area contributed by atoms with Crippen LogP contribution in [-0.2, 0) is 11.2 Å². The summed E-state index contributed by atoms with van der Waals surface area (Å²) >= 11 is 0. The Bertz CT molecular complexity index is 649. The van der Waals surface area contributed by atoms with E-state index in [0.29, 0.717) is 51.5 Å². The van der Waals surface area contributed by atoms with Crippen molar-refractivity contribution in [2.75, 3.05) is 32.7 Å². The Morgan fingerprint density at radius 1 is 1.21 bits per heavy atom. The number of alkyl halides is 3. The highest BCUT2D eigenvalue weighted by Crippen LogP contribution is 2.22. The molecule has 0 aliphatic carbocycles. The van der Waals surface area contributed by atoms with E-state index in [4.69, 9.17) is 0 Å². The summed E-state index contributed by atoms with van der Waals surface area (Å²) < 4.78 is 36.5. The van der Waals surface area contributed by atoms with Crippen LogP contribution in [-0.4, -0.2) is 55.7 Å². The molecule has 0 aromatic heterocycles. The Morgan fingerprint density at radius 3 is 2.66 bits per heavy atom. The first-order chi connectivity index (χ1) is 13.9. The molecule has 0 saturated carbocycles. The molecule has 1 atom stereocenters. The third kappa shape index (κ3) is 9.19. The van der Waals surface area contributed by atoms with Crippen LogP contribution in [0, 0.1) is 5.92 Å². The first-order valence-electron chi connectivity index (χ1n) is 10.3. The second kappa shape index (κ2) is 11.7. The normalized spacial score (nSPS) is 17.7. The van der Waals surface area contributed by atoms with Crippen LogP contribution >= 0.6 is 0 Å². The topological polar surface area (TPSA) is 56.7 Å². The van der Waals surface area contributed by atoms with Crippen LogP contribution in [0.1, 0.15) is 38.2 Å². The molecule has 1 aliphatic rings. The minimum Gasteiger partial charge on any atom is -0.357 e. The number of hydrogen-bond donors (Lipinski definition) is 2. The van der Waals surface area contributed by atoms with Crippen LogP contribution in [0.3, 0.4) is 0 Å². The molecule has 1 aliphatic heterocycles. The monoisotopic (exact) mass is 412 g/mol. The van der Waals surface area contributed by atoms with E-state index in [2.05, 4.69) is 27.8 Å². The van der Waals surface area contributed by atoms with Gasteiger partial charge in [0.1, 0.15) is 0 Å². The fourth-order valence-corrected chi connectivity index (χ4v) is 3.32. The summed E-state index contributed by atoms with van der Waals surface area (Å²) in [6.07, 6.45) is -3.00. The Hall–Kier alpha value is -2.25. The van der Waals surface area contributed by atoms with Crippen molar-refractivity contribution in [3.05, 3.63) is 35.9 Å². The van der Waals surface area contributed by atoms with Gasteiger partial charge in [-0.05, 0) is 31.7 Å². The number of nitrogens with one attached hydrogen (secondary N) is 2. The van der Waals surface area contributed by atoms with Crippen molar-refractivity contribution in [2.45, 2.75) is 45.2 Å². The summed E-state index contributed by atoms with van der Waals surface area (Å²) in [6.45, 7) is 4.97. The van der Waals surface area contributed by atoms with Gasteiger partial charge in [0.25, 0.3) is 0 Å². The first-order valence-corrected chi connectivity index (χ1v) is 10.3. The molecule has 2 N–H and O–H groups in total. The number of likely N-dealkylation sites (tertiary alicyclic amines) is 1. The highest BCUT2D eigenvalue weighted by Gasteiger charge is 2.29. The fourth-order valence-electron chi connectivity index (χ4n) is 3.32. The van der Waals surface area contributed by atoms with Crippen LogP contribution in [0.2, 0.25) is 0 Å². The number of amides is 1. The highest BCUT2D eigenvalue weighted by atomic mass is 19.4. The van der Waals surface area contributed by atoms with Crippen molar-refractivity contribution >= 4 is 11.9 Å². The molecule has 1 fully saturated rings. The van der Waals surface area contributed by atoms with Crippen LogP contribution in [0.15, 0.2) is 35.3 Å². The van der Waals surface area contributed by atoms with Crippen LogP contribution in [0.25, 0.3) is 0 Å². The maximum atomic E-state index is 12.3. The van der Waals surface area contributed by atoms with Crippen LogP contribution in [0.5, 0.6) is 0 Å². The van der Waals surface area contributed by atoms with Crippen molar-refractivity contribution in [3.63, 3.8) is 0 Å². The van der Waals surface area contributed by atoms with Gasteiger partial charge in [-0.2, -0.15) is 13.2 Å². The fraction of sp³-hybridized carbons (Fsp3) is 0.619. The summed E-state index contributed by atoms with van der Waals surface area (Å²) in [5.74, 6) is 0.917. The number of carbonyl (C=O) groups excluding carboxylic acids is 1. The molecule has 1 aromatic carbocycles. The number of halogens is 3. The molecule has 0 radical (unpaired) electrons. The predicted molar refractivity (Wildman–Crippen MR) is 109 cm³/mol. The van der Waals surface area contributed by atoms with Gasteiger partial charge in [0.15, 0.2) is 5.96 Å². The summed E-state index contributed by atoms with van der Waals surface area (Å²) in [5.41, 5.74) is 1.21. The molecule has 0 spiro atoms. The van der Waals surface area contributed by atoms with E-state index in [1.54, 1.807) is 0 Å². The molecule has 29 heavy (non-hydrogen) atoms. The number of unbranched alkanes of at least 4 members (excludes halogenated alkanes) is 1. The van der Waals surface area contributed by atoms with E-state index in [0.717, 1.165) is 6.42 Å². The summed E-state index contributed by atoms with van der Waals surface area (Å²) in [5, 5.41) is 6.17. The maximum absolute atomic E-state index is 12.3. The molecule has 1 aromatic rings. The molecule has 1 amide bonds. The lowest BCUT2D eigenvalue weighted by Gasteiger charge is -2.16. The largest absolute Gasteiger partial charge is 0.389 e. The average molecular weight is 413 g/mol. The summed E-state index contributed by atoms with van der Waals surface area (Å²) in [6, 6.07) is 10.1. The van der Waals surface area contributed by atoms with E-state index < -0.39 is 12.6 Å². The zero-order chi connectivity index (χ0) is 21.1. The Morgan fingerprint density at radius 2 is 1.97 bits per heavy atom. The second-order valence-corrected chi connectivity index (χ2v) is 7.36. The quantitative estimate of drug-likeness (QED) is 0.352. The van der Waals surface area contributed by atoms with Gasteiger partial charge in [-0.1, -0.05) is 30.3 Å². The van der Waals surface area contributed by atoms with Crippen molar-refractivity contribution in [1.29, 1.82) is 0 Å². The Labute approximate surface area is 170 Å². The molecule has 8 heteroatoms. The molecule has 2 rings (SSSR count). The summed E-state index contributed by atoms with van der Waals surface area (Å²) in [4.78, 5) is 18.7. The molecule has 162 valence electrons. The van der Waals surface area contributed by atoms with Crippen molar-refractivity contribution < 1.29 is 18.0 Å². The van der Waals surface area contributed by atoms with Crippen molar-refractivity contribution in [1.82, 2.24) is 15.5 Å².